The Morgan fingerprint density at radius 2 is 2.04 bits per heavy atom. The van der Waals surface area contributed by atoms with Gasteiger partial charge >= 0.3 is 0 Å². The molecule has 0 radical (unpaired) electrons. The third kappa shape index (κ3) is 3.02. The molecule has 0 saturated carbocycles. The Hall–Kier alpha value is -2.69. The van der Waals surface area contributed by atoms with Crippen molar-refractivity contribution in [3.63, 3.8) is 0 Å². The molecular weight excluding hydrogens is 318 g/mol. The zero-order valence-corrected chi connectivity index (χ0v) is 14.2. The number of nitrogens with one attached hydrogen (secondary N) is 1. The first-order valence-corrected chi connectivity index (χ1v) is 8.62. The van der Waals surface area contributed by atoms with Crippen molar-refractivity contribution in [2.45, 2.75) is 25.3 Å². The van der Waals surface area contributed by atoms with Crippen LogP contribution in [0.3, 0.4) is 0 Å². The lowest BCUT2D eigenvalue weighted by Gasteiger charge is -2.27. The van der Waals surface area contributed by atoms with E-state index in [1.165, 1.54) is 11.1 Å². The fraction of sp³-hybridized carbons (Fsp3) is 0.350. The summed E-state index contributed by atoms with van der Waals surface area (Å²) in [5.41, 5.74) is 3.05. The summed E-state index contributed by atoms with van der Waals surface area (Å²) in [4.78, 5) is 12.8. The molecule has 2 aromatic rings. The third-order valence-electron chi connectivity index (χ3n) is 4.76. The fourth-order valence-electron chi connectivity index (χ4n) is 3.55. The van der Waals surface area contributed by atoms with Crippen LogP contribution in [0, 0.1) is 0 Å². The molecule has 2 aromatic carbocycles. The van der Waals surface area contributed by atoms with Crippen LogP contribution in [0.5, 0.6) is 17.2 Å². The quantitative estimate of drug-likeness (QED) is 0.932. The number of fused-ring (bicyclic) bond motifs is 2. The summed E-state index contributed by atoms with van der Waals surface area (Å²) in [7, 11) is 1.56. The molecule has 1 aliphatic heterocycles. The monoisotopic (exact) mass is 339 g/mol. The first kappa shape index (κ1) is 15.8. The number of aryl methyl sites for hydroxylation is 1. The van der Waals surface area contributed by atoms with Crippen LogP contribution in [0.2, 0.25) is 0 Å². The van der Waals surface area contributed by atoms with Gasteiger partial charge in [-0.25, -0.2) is 0 Å². The molecule has 130 valence electrons. The minimum Gasteiger partial charge on any atom is -0.493 e. The highest BCUT2D eigenvalue weighted by Gasteiger charge is 2.24. The molecular formula is C20H21NO4. The van der Waals surface area contributed by atoms with E-state index in [4.69, 9.17) is 14.2 Å². The van der Waals surface area contributed by atoms with Crippen molar-refractivity contribution in [1.82, 2.24) is 5.32 Å². The van der Waals surface area contributed by atoms with Crippen LogP contribution < -0.4 is 19.5 Å². The van der Waals surface area contributed by atoms with Crippen molar-refractivity contribution in [3.8, 4) is 17.2 Å². The zero-order valence-electron chi connectivity index (χ0n) is 14.2. The second-order valence-electron chi connectivity index (χ2n) is 6.32. The predicted molar refractivity (Wildman–Crippen MR) is 93.6 cm³/mol. The maximum atomic E-state index is 12.8. The molecule has 2 aliphatic rings. The van der Waals surface area contributed by atoms with Gasteiger partial charge in [-0.05, 0) is 42.5 Å². The molecule has 0 fully saturated rings. The lowest BCUT2D eigenvalue weighted by atomic mass is 9.87. The normalized spacial score (nSPS) is 18.2. The second-order valence-corrected chi connectivity index (χ2v) is 6.32. The maximum Gasteiger partial charge on any atom is 0.252 e. The van der Waals surface area contributed by atoms with Gasteiger partial charge in [-0.1, -0.05) is 24.3 Å². The number of amides is 1. The minimum atomic E-state index is -0.128. The Morgan fingerprint density at radius 1 is 1.20 bits per heavy atom. The van der Waals surface area contributed by atoms with Gasteiger partial charge in [-0.15, -0.1) is 0 Å². The van der Waals surface area contributed by atoms with Crippen molar-refractivity contribution in [3.05, 3.63) is 53.1 Å². The van der Waals surface area contributed by atoms with Gasteiger partial charge in [0.05, 0.1) is 13.2 Å². The van der Waals surface area contributed by atoms with Crippen molar-refractivity contribution in [2.24, 2.45) is 0 Å². The van der Waals surface area contributed by atoms with E-state index in [9.17, 15) is 4.79 Å². The van der Waals surface area contributed by atoms with E-state index in [0.29, 0.717) is 36.0 Å². The smallest absolute Gasteiger partial charge is 0.252 e. The zero-order chi connectivity index (χ0) is 17.2. The number of ether oxygens (including phenoxy) is 3. The summed E-state index contributed by atoms with van der Waals surface area (Å²) in [5, 5.41) is 3.16. The van der Waals surface area contributed by atoms with E-state index < -0.39 is 0 Å². The van der Waals surface area contributed by atoms with E-state index in [-0.39, 0.29) is 11.9 Å². The number of hydrogen-bond acceptors (Lipinski definition) is 4. The molecule has 5 heteroatoms. The Kier molecular flexibility index (Phi) is 4.22. The topological polar surface area (TPSA) is 56.8 Å². The van der Waals surface area contributed by atoms with Gasteiger partial charge in [0.1, 0.15) is 13.2 Å². The van der Waals surface area contributed by atoms with Crippen LogP contribution in [0.1, 0.15) is 40.4 Å². The van der Waals surface area contributed by atoms with Gasteiger partial charge in [-0.3, -0.25) is 4.79 Å². The molecule has 25 heavy (non-hydrogen) atoms. The lowest BCUT2D eigenvalue weighted by Crippen LogP contribution is -2.31. The minimum absolute atomic E-state index is 0.0386. The van der Waals surface area contributed by atoms with Gasteiger partial charge in [0.15, 0.2) is 11.5 Å². The van der Waals surface area contributed by atoms with Gasteiger partial charge < -0.3 is 19.5 Å². The van der Waals surface area contributed by atoms with Crippen LogP contribution in [0.25, 0.3) is 0 Å². The molecule has 1 aliphatic carbocycles. The highest BCUT2D eigenvalue weighted by Crippen LogP contribution is 2.40. The number of carbonyl (C=O) groups is 1. The number of carbonyl (C=O) groups excluding carboxylic acids is 1. The van der Waals surface area contributed by atoms with Gasteiger partial charge in [0, 0.05) is 5.56 Å². The van der Waals surface area contributed by atoms with Crippen LogP contribution in [-0.2, 0) is 6.42 Å². The van der Waals surface area contributed by atoms with E-state index in [2.05, 4.69) is 23.5 Å². The van der Waals surface area contributed by atoms with Crippen LogP contribution in [0.15, 0.2) is 36.4 Å². The van der Waals surface area contributed by atoms with Crippen molar-refractivity contribution in [1.29, 1.82) is 0 Å². The van der Waals surface area contributed by atoms with E-state index in [0.717, 1.165) is 19.3 Å². The highest BCUT2D eigenvalue weighted by atomic mass is 16.6. The molecule has 0 spiro atoms. The van der Waals surface area contributed by atoms with Gasteiger partial charge in [0.25, 0.3) is 5.91 Å². The number of rotatable bonds is 3. The molecule has 0 aromatic heterocycles. The molecule has 1 heterocycles. The average Bonchev–Trinajstić information content (AvgIpc) is 2.67. The summed E-state index contributed by atoms with van der Waals surface area (Å²) in [5.74, 6) is 1.51. The summed E-state index contributed by atoms with van der Waals surface area (Å²) < 4.78 is 16.6. The van der Waals surface area contributed by atoms with Crippen LogP contribution in [0.4, 0.5) is 0 Å². The standard InChI is InChI=1S/C20H21NO4/c1-23-17-11-14(12-18-19(17)25-10-9-24-18)20(22)21-16-8-4-6-13-5-2-3-7-15(13)16/h2-3,5,7,11-12,16H,4,6,8-10H2,1H3,(H,21,22)/t16-/m0/s1. The first-order valence-electron chi connectivity index (χ1n) is 8.62. The van der Waals surface area contributed by atoms with Crippen LogP contribution in [-0.4, -0.2) is 26.2 Å². The number of hydrogen-bond donors (Lipinski definition) is 1. The van der Waals surface area contributed by atoms with Gasteiger partial charge in [0.2, 0.25) is 5.75 Å². The highest BCUT2D eigenvalue weighted by molar-refractivity contribution is 5.96. The summed E-state index contributed by atoms with van der Waals surface area (Å²) in [6.07, 6.45) is 3.09. The Bertz CT molecular complexity index is 785. The lowest BCUT2D eigenvalue weighted by molar-refractivity contribution is 0.0930. The maximum absolute atomic E-state index is 12.8. The molecule has 0 saturated heterocycles. The van der Waals surface area contributed by atoms with Crippen molar-refractivity contribution >= 4 is 5.91 Å². The largest absolute Gasteiger partial charge is 0.493 e. The molecule has 0 unspecified atom stereocenters. The third-order valence-corrected chi connectivity index (χ3v) is 4.76. The molecule has 0 bridgehead atoms. The Labute approximate surface area is 146 Å². The number of methoxy groups -OCH3 is 1. The fourth-order valence-corrected chi connectivity index (χ4v) is 3.55. The Balaban J connectivity index is 1.60. The number of benzene rings is 2. The molecule has 4 rings (SSSR count). The Morgan fingerprint density at radius 3 is 2.92 bits per heavy atom. The molecule has 1 N–H and O–H groups in total. The van der Waals surface area contributed by atoms with Crippen molar-refractivity contribution < 1.29 is 19.0 Å². The first-order chi connectivity index (χ1) is 12.3. The average molecular weight is 339 g/mol. The van der Waals surface area contributed by atoms with Crippen molar-refractivity contribution in [2.75, 3.05) is 20.3 Å². The predicted octanol–water partition coefficient (Wildman–Crippen LogP) is 3.27. The molecule has 5 nitrogen and oxygen atoms in total. The summed E-state index contributed by atoms with van der Waals surface area (Å²) in [6.45, 7) is 0.949. The summed E-state index contributed by atoms with van der Waals surface area (Å²) in [6, 6.07) is 11.8. The SMILES string of the molecule is COc1cc(C(=O)N[C@H]2CCCc3ccccc32)cc2c1OCCO2. The van der Waals surface area contributed by atoms with E-state index >= 15 is 0 Å². The summed E-state index contributed by atoms with van der Waals surface area (Å²) >= 11 is 0. The van der Waals surface area contributed by atoms with Gasteiger partial charge in [-0.2, -0.15) is 0 Å². The molecule has 1 atom stereocenters. The van der Waals surface area contributed by atoms with E-state index in [1.807, 2.05) is 6.07 Å². The molecule has 1 amide bonds. The second kappa shape index (κ2) is 6.67. The van der Waals surface area contributed by atoms with Crippen LogP contribution >= 0.6 is 0 Å². The van der Waals surface area contributed by atoms with E-state index in [1.54, 1.807) is 19.2 Å².